The summed E-state index contributed by atoms with van der Waals surface area (Å²) in [6.07, 6.45) is 1.35. The number of hydrogen-bond acceptors (Lipinski definition) is 3. The number of aliphatic carboxylic acids is 1. The van der Waals surface area contributed by atoms with E-state index >= 15 is 0 Å². The predicted octanol–water partition coefficient (Wildman–Crippen LogP) is 2.17. The number of amides is 1. The summed E-state index contributed by atoms with van der Waals surface area (Å²) in [6.45, 7) is 2.99. The first kappa shape index (κ1) is 13.4. The van der Waals surface area contributed by atoms with E-state index in [9.17, 15) is 9.59 Å². The number of pyridine rings is 1. The van der Waals surface area contributed by atoms with Crippen molar-refractivity contribution in [3.63, 3.8) is 0 Å². The first-order valence-electron chi connectivity index (χ1n) is 4.96. The minimum Gasteiger partial charge on any atom is -0.481 e. The molecule has 0 aliphatic carbocycles. The van der Waals surface area contributed by atoms with Crippen molar-refractivity contribution in [1.29, 1.82) is 0 Å². The summed E-state index contributed by atoms with van der Waals surface area (Å²) in [6, 6.07) is 3.07. The van der Waals surface area contributed by atoms with Crippen LogP contribution < -0.4 is 5.32 Å². The molecule has 0 atom stereocenters. The molecule has 6 heteroatoms. The largest absolute Gasteiger partial charge is 0.481 e. The number of halogens is 1. The van der Waals surface area contributed by atoms with E-state index in [0.29, 0.717) is 5.69 Å². The summed E-state index contributed by atoms with van der Waals surface area (Å²) >= 11 is 5.66. The molecule has 0 aliphatic rings. The zero-order valence-electron chi connectivity index (χ0n) is 9.53. The average Bonchev–Trinajstić information content (AvgIpc) is 2.15. The Morgan fingerprint density at radius 2 is 2.18 bits per heavy atom. The van der Waals surface area contributed by atoms with Gasteiger partial charge in [-0.05, 0) is 26.0 Å². The molecular formula is C11H13ClN2O3. The number of carbonyl (C=O) groups excluding carboxylic acids is 1. The maximum Gasteiger partial charge on any atom is 0.309 e. The number of carbonyl (C=O) groups is 2. The van der Waals surface area contributed by atoms with Crippen molar-refractivity contribution in [2.45, 2.75) is 20.3 Å². The Morgan fingerprint density at radius 1 is 1.53 bits per heavy atom. The molecule has 17 heavy (non-hydrogen) atoms. The highest BCUT2D eigenvalue weighted by molar-refractivity contribution is 6.29. The smallest absolute Gasteiger partial charge is 0.309 e. The maximum atomic E-state index is 11.6. The average molecular weight is 257 g/mol. The Bertz CT molecular complexity index is 446. The molecule has 1 amide bonds. The quantitative estimate of drug-likeness (QED) is 0.809. The van der Waals surface area contributed by atoms with Gasteiger partial charge >= 0.3 is 5.97 Å². The fourth-order valence-electron chi connectivity index (χ4n) is 1.16. The molecular weight excluding hydrogens is 244 g/mol. The van der Waals surface area contributed by atoms with Crippen LogP contribution in [0.4, 0.5) is 5.69 Å². The van der Waals surface area contributed by atoms with Gasteiger partial charge in [0.1, 0.15) is 5.15 Å². The van der Waals surface area contributed by atoms with Crippen LogP contribution >= 0.6 is 11.6 Å². The Labute approximate surface area is 104 Å². The van der Waals surface area contributed by atoms with E-state index in [1.807, 2.05) is 0 Å². The SMILES string of the molecule is CC(C)(CC(=O)Nc1ccnc(Cl)c1)C(=O)O. The molecule has 1 heterocycles. The van der Waals surface area contributed by atoms with E-state index in [1.54, 1.807) is 6.07 Å². The molecule has 0 aromatic carbocycles. The number of nitrogens with zero attached hydrogens (tertiary/aromatic N) is 1. The van der Waals surface area contributed by atoms with Gasteiger partial charge in [-0.3, -0.25) is 9.59 Å². The maximum absolute atomic E-state index is 11.6. The van der Waals surface area contributed by atoms with Crippen LogP contribution in [0.1, 0.15) is 20.3 Å². The zero-order chi connectivity index (χ0) is 13.1. The van der Waals surface area contributed by atoms with Gasteiger partial charge in [0.15, 0.2) is 0 Å². The third-order valence-electron chi connectivity index (χ3n) is 2.19. The van der Waals surface area contributed by atoms with Crippen molar-refractivity contribution in [3.05, 3.63) is 23.5 Å². The van der Waals surface area contributed by atoms with Gasteiger partial charge in [0.25, 0.3) is 0 Å². The van der Waals surface area contributed by atoms with Gasteiger partial charge in [-0.15, -0.1) is 0 Å². The van der Waals surface area contributed by atoms with Gasteiger partial charge in [-0.2, -0.15) is 0 Å². The monoisotopic (exact) mass is 256 g/mol. The molecule has 0 aliphatic heterocycles. The summed E-state index contributed by atoms with van der Waals surface area (Å²) in [5, 5.41) is 11.7. The summed E-state index contributed by atoms with van der Waals surface area (Å²) in [5.41, 5.74) is -0.600. The van der Waals surface area contributed by atoms with Crippen LogP contribution in [0.15, 0.2) is 18.3 Å². The molecule has 1 aromatic heterocycles. The highest BCUT2D eigenvalue weighted by Gasteiger charge is 2.30. The molecule has 0 unspecified atom stereocenters. The number of aromatic nitrogens is 1. The molecule has 5 nitrogen and oxygen atoms in total. The molecule has 0 saturated carbocycles. The fraction of sp³-hybridized carbons (Fsp3) is 0.364. The number of nitrogens with one attached hydrogen (secondary N) is 1. The number of hydrogen-bond donors (Lipinski definition) is 2. The molecule has 0 saturated heterocycles. The first-order chi connectivity index (χ1) is 7.81. The topological polar surface area (TPSA) is 79.3 Å². The zero-order valence-corrected chi connectivity index (χ0v) is 10.3. The molecule has 92 valence electrons. The Morgan fingerprint density at radius 3 is 2.71 bits per heavy atom. The minimum atomic E-state index is -1.10. The Balaban J connectivity index is 2.65. The highest BCUT2D eigenvalue weighted by Crippen LogP contribution is 2.21. The number of rotatable bonds is 4. The summed E-state index contributed by atoms with van der Waals surface area (Å²) in [7, 11) is 0. The molecule has 1 aromatic rings. The predicted molar refractivity (Wildman–Crippen MR) is 63.9 cm³/mol. The lowest BCUT2D eigenvalue weighted by Gasteiger charge is -2.18. The Kier molecular flexibility index (Phi) is 4.07. The van der Waals surface area contributed by atoms with E-state index in [0.717, 1.165) is 0 Å². The van der Waals surface area contributed by atoms with Gasteiger partial charge in [0, 0.05) is 18.3 Å². The van der Waals surface area contributed by atoms with Crippen LogP contribution in [0.3, 0.4) is 0 Å². The molecule has 0 radical (unpaired) electrons. The van der Waals surface area contributed by atoms with Crippen LogP contribution in [0.2, 0.25) is 5.15 Å². The summed E-state index contributed by atoms with van der Waals surface area (Å²) in [4.78, 5) is 26.2. The van der Waals surface area contributed by atoms with E-state index in [1.165, 1.54) is 26.1 Å². The standard InChI is InChI=1S/C11H13ClN2O3/c1-11(2,10(16)17)6-9(15)14-7-3-4-13-8(12)5-7/h3-5H,6H2,1-2H3,(H,16,17)(H,13,14,15). The van der Waals surface area contributed by atoms with E-state index in [4.69, 9.17) is 16.7 Å². The molecule has 0 bridgehead atoms. The number of carboxylic acids is 1. The number of carboxylic acid groups (broad SMARTS) is 1. The van der Waals surface area contributed by atoms with Crippen molar-refractivity contribution in [1.82, 2.24) is 4.98 Å². The lowest BCUT2D eigenvalue weighted by molar-refractivity contribution is -0.148. The van der Waals surface area contributed by atoms with E-state index in [-0.39, 0.29) is 17.5 Å². The van der Waals surface area contributed by atoms with Gasteiger partial charge in [0.05, 0.1) is 5.41 Å². The highest BCUT2D eigenvalue weighted by atomic mass is 35.5. The summed E-state index contributed by atoms with van der Waals surface area (Å²) in [5.74, 6) is -1.39. The first-order valence-corrected chi connectivity index (χ1v) is 5.34. The van der Waals surface area contributed by atoms with Crippen LogP contribution in [-0.2, 0) is 9.59 Å². The van der Waals surface area contributed by atoms with E-state index in [2.05, 4.69) is 10.3 Å². The van der Waals surface area contributed by atoms with Crippen molar-refractivity contribution < 1.29 is 14.7 Å². The summed E-state index contributed by atoms with van der Waals surface area (Å²) < 4.78 is 0. The van der Waals surface area contributed by atoms with Crippen LogP contribution in [-0.4, -0.2) is 22.0 Å². The molecule has 1 rings (SSSR count). The third-order valence-corrected chi connectivity index (χ3v) is 2.40. The fourth-order valence-corrected chi connectivity index (χ4v) is 1.34. The van der Waals surface area contributed by atoms with Crippen molar-refractivity contribution >= 4 is 29.2 Å². The number of anilines is 1. The van der Waals surface area contributed by atoms with Crippen LogP contribution in [0.25, 0.3) is 0 Å². The second kappa shape index (κ2) is 5.14. The molecule has 2 N–H and O–H groups in total. The van der Waals surface area contributed by atoms with Gasteiger partial charge in [-0.25, -0.2) is 4.98 Å². The van der Waals surface area contributed by atoms with Crippen molar-refractivity contribution in [2.24, 2.45) is 5.41 Å². The molecule has 0 fully saturated rings. The van der Waals surface area contributed by atoms with Crippen LogP contribution in [0.5, 0.6) is 0 Å². The minimum absolute atomic E-state index is 0.109. The van der Waals surface area contributed by atoms with Crippen molar-refractivity contribution in [3.8, 4) is 0 Å². The van der Waals surface area contributed by atoms with Gasteiger partial charge < -0.3 is 10.4 Å². The normalized spacial score (nSPS) is 11.0. The molecule has 0 spiro atoms. The van der Waals surface area contributed by atoms with E-state index < -0.39 is 11.4 Å². The van der Waals surface area contributed by atoms with Crippen molar-refractivity contribution in [2.75, 3.05) is 5.32 Å². The van der Waals surface area contributed by atoms with Crippen LogP contribution in [0, 0.1) is 5.41 Å². The second-order valence-corrected chi connectivity index (χ2v) is 4.67. The second-order valence-electron chi connectivity index (χ2n) is 4.28. The van der Waals surface area contributed by atoms with Gasteiger partial charge in [0.2, 0.25) is 5.91 Å². The lowest BCUT2D eigenvalue weighted by Crippen LogP contribution is -2.29. The third kappa shape index (κ3) is 4.03. The Hall–Kier alpha value is -1.62. The lowest BCUT2D eigenvalue weighted by atomic mass is 9.89. The van der Waals surface area contributed by atoms with Gasteiger partial charge in [-0.1, -0.05) is 11.6 Å².